The molecule has 0 saturated heterocycles. The van der Waals surface area contributed by atoms with E-state index in [1.807, 2.05) is 13.8 Å². The number of rotatable bonds is 16. The molecule has 0 radical (unpaired) electrons. The molecule has 12 heteroatoms. The highest BCUT2D eigenvalue weighted by molar-refractivity contribution is 7.80. The molecule has 0 spiro atoms. The van der Waals surface area contributed by atoms with E-state index in [-0.39, 0.29) is 30.3 Å². The van der Waals surface area contributed by atoms with Gasteiger partial charge in [-0.1, -0.05) is 32.4 Å². The highest BCUT2D eigenvalue weighted by Crippen LogP contribution is 2.12. The lowest BCUT2D eigenvalue weighted by Crippen LogP contribution is -2.58. The third-order valence-electron chi connectivity index (χ3n) is 5.95. The van der Waals surface area contributed by atoms with Gasteiger partial charge in [0.25, 0.3) is 0 Å². The number of amides is 3. The summed E-state index contributed by atoms with van der Waals surface area (Å²) in [4.78, 5) is 50.1. The quantitative estimate of drug-likeness (QED) is 0.108. The summed E-state index contributed by atoms with van der Waals surface area (Å²) >= 11 is 4.15. The van der Waals surface area contributed by atoms with E-state index in [9.17, 15) is 29.4 Å². The Hall–Kier alpha value is -2.83. The minimum absolute atomic E-state index is 0.0202. The minimum Gasteiger partial charge on any atom is -0.508 e. The number of carbonyl (C=O) groups excluding carboxylic acids is 3. The van der Waals surface area contributed by atoms with Crippen molar-refractivity contribution in [2.75, 3.05) is 12.3 Å². The number of phenols is 1. The Labute approximate surface area is 217 Å². The molecule has 5 atom stereocenters. The van der Waals surface area contributed by atoms with Crippen LogP contribution < -0.4 is 27.4 Å². The number of aliphatic carboxylic acids is 1. The van der Waals surface area contributed by atoms with Gasteiger partial charge in [-0.2, -0.15) is 12.6 Å². The van der Waals surface area contributed by atoms with Gasteiger partial charge >= 0.3 is 5.97 Å². The standard InChI is InChI=1S/C24H39N5O6S/c1-3-14(2)20(26)23(33)29-19(13-36)22(32)27-17(6-4-5-11-25)21(31)28-18(24(34)35)12-15-7-9-16(30)10-8-15/h7-10,14,17-20,30,36H,3-6,11-13,25-26H2,1-2H3,(H,27,32)(H,28,31)(H,29,33)(H,34,35). The molecule has 0 aliphatic rings. The number of carboxylic acids is 1. The number of nitrogens with one attached hydrogen (secondary N) is 3. The molecule has 36 heavy (non-hydrogen) atoms. The first-order chi connectivity index (χ1) is 17.0. The summed E-state index contributed by atoms with van der Waals surface area (Å²) < 4.78 is 0. The molecule has 0 bridgehead atoms. The Kier molecular flexibility index (Phi) is 13.9. The van der Waals surface area contributed by atoms with E-state index in [1.54, 1.807) is 12.1 Å². The van der Waals surface area contributed by atoms with Crippen LogP contribution in [0.3, 0.4) is 0 Å². The lowest BCUT2D eigenvalue weighted by Gasteiger charge is -2.25. The van der Waals surface area contributed by atoms with Crippen molar-refractivity contribution in [2.24, 2.45) is 17.4 Å². The molecule has 0 aromatic heterocycles. The molecule has 1 rings (SSSR count). The zero-order valence-corrected chi connectivity index (χ0v) is 21.7. The Bertz CT molecular complexity index is 869. The minimum atomic E-state index is -1.26. The van der Waals surface area contributed by atoms with E-state index in [0.717, 1.165) is 0 Å². The number of thiol groups is 1. The van der Waals surface area contributed by atoms with Gasteiger partial charge in [-0.15, -0.1) is 0 Å². The highest BCUT2D eigenvalue weighted by Gasteiger charge is 2.30. The molecular weight excluding hydrogens is 486 g/mol. The predicted octanol–water partition coefficient (Wildman–Crippen LogP) is -0.0941. The fraction of sp³-hybridized carbons (Fsp3) is 0.583. The van der Waals surface area contributed by atoms with Gasteiger partial charge in [0.2, 0.25) is 17.7 Å². The molecule has 0 saturated carbocycles. The smallest absolute Gasteiger partial charge is 0.326 e. The number of benzene rings is 1. The van der Waals surface area contributed by atoms with Crippen molar-refractivity contribution in [3.8, 4) is 5.75 Å². The molecule has 1 aromatic carbocycles. The summed E-state index contributed by atoms with van der Waals surface area (Å²) in [5, 5.41) is 26.7. The molecule has 0 aliphatic heterocycles. The number of carbonyl (C=O) groups is 4. The number of aromatic hydroxyl groups is 1. The van der Waals surface area contributed by atoms with Crippen LogP contribution in [-0.4, -0.2) is 70.4 Å². The molecule has 11 nitrogen and oxygen atoms in total. The summed E-state index contributed by atoms with van der Waals surface area (Å²) in [5.74, 6) is -3.13. The molecule has 0 heterocycles. The van der Waals surface area contributed by atoms with Crippen molar-refractivity contribution in [3.63, 3.8) is 0 Å². The average molecular weight is 526 g/mol. The van der Waals surface area contributed by atoms with Crippen LogP contribution in [0.4, 0.5) is 0 Å². The lowest BCUT2D eigenvalue weighted by molar-refractivity contribution is -0.142. The molecule has 202 valence electrons. The average Bonchev–Trinajstić information content (AvgIpc) is 2.86. The Morgan fingerprint density at radius 2 is 1.50 bits per heavy atom. The van der Waals surface area contributed by atoms with E-state index >= 15 is 0 Å². The van der Waals surface area contributed by atoms with Crippen LogP contribution in [0.25, 0.3) is 0 Å². The van der Waals surface area contributed by atoms with Gasteiger partial charge < -0.3 is 37.6 Å². The van der Waals surface area contributed by atoms with Crippen molar-refractivity contribution < 1.29 is 29.4 Å². The second-order valence-electron chi connectivity index (χ2n) is 8.77. The fourth-order valence-electron chi connectivity index (χ4n) is 3.35. The first-order valence-corrected chi connectivity index (χ1v) is 12.7. The summed E-state index contributed by atoms with van der Waals surface area (Å²) in [5.41, 5.74) is 12.1. The highest BCUT2D eigenvalue weighted by atomic mass is 32.1. The molecule has 0 aliphatic carbocycles. The second kappa shape index (κ2) is 16.0. The third-order valence-corrected chi connectivity index (χ3v) is 6.31. The number of hydrogen-bond acceptors (Lipinski definition) is 8. The van der Waals surface area contributed by atoms with E-state index in [0.29, 0.717) is 31.4 Å². The number of hydrogen-bond donors (Lipinski definition) is 8. The normalized spacial score (nSPS) is 15.1. The zero-order chi connectivity index (χ0) is 27.3. The van der Waals surface area contributed by atoms with E-state index in [1.165, 1.54) is 12.1 Å². The van der Waals surface area contributed by atoms with Crippen LogP contribution in [-0.2, 0) is 25.6 Å². The largest absolute Gasteiger partial charge is 0.508 e. The maximum atomic E-state index is 13.0. The van der Waals surface area contributed by atoms with Gasteiger partial charge in [0, 0.05) is 12.2 Å². The van der Waals surface area contributed by atoms with Crippen LogP contribution in [0.1, 0.15) is 45.1 Å². The van der Waals surface area contributed by atoms with Gasteiger partial charge in [0.1, 0.15) is 23.9 Å². The van der Waals surface area contributed by atoms with Crippen molar-refractivity contribution in [3.05, 3.63) is 29.8 Å². The number of phenolic OH excluding ortho intramolecular Hbond substituents is 1. The van der Waals surface area contributed by atoms with E-state index in [2.05, 4.69) is 28.6 Å². The van der Waals surface area contributed by atoms with Crippen LogP contribution in [0.15, 0.2) is 24.3 Å². The molecule has 5 unspecified atom stereocenters. The SMILES string of the molecule is CCC(C)C(N)C(=O)NC(CS)C(=O)NC(CCCCN)C(=O)NC(Cc1ccc(O)cc1)C(=O)O. The van der Waals surface area contributed by atoms with Gasteiger partial charge in [-0.25, -0.2) is 4.79 Å². The molecule has 1 aromatic rings. The number of unbranched alkanes of at least 4 members (excludes halogenated alkanes) is 1. The van der Waals surface area contributed by atoms with E-state index in [4.69, 9.17) is 11.5 Å². The molecule has 0 fully saturated rings. The topological polar surface area (TPSA) is 197 Å². The predicted molar refractivity (Wildman–Crippen MR) is 139 cm³/mol. The summed E-state index contributed by atoms with van der Waals surface area (Å²) in [6.07, 6.45) is 2.01. The van der Waals surface area contributed by atoms with Crippen LogP contribution >= 0.6 is 12.6 Å². The third kappa shape index (κ3) is 10.4. The first kappa shape index (κ1) is 31.2. The van der Waals surface area contributed by atoms with Gasteiger partial charge in [-0.05, 0) is 49.4 Å². The fourth-order valence-corrected chi connectivity index (χ4v) is 3.61. The lowest BCUT2D eigenvalue weighted by atomic mass is 9.99. The maximum absolute atomic E-state index is 13.0. The second-order valence-corrected chi connectivity index (χ2v) is 9.14. The van der Waals surface area contributed by atoms with Crippen molar-refractivity contribution >= 4 is 36.3 Å². The maximum Gasteiger partial charge on any atom is 0.326 e. The van der Waals surface area contributed by atoms with Crippen molar-refractivity contribution in [1.29, 1.82) is 0 Å². The first-order valence-electron chi connectivity index (χ1n) is 12.0. The number of nitrogens with two attached hydrogens (primary N) is 2. The van der Waals surface area contributed by atoms with E-state index < -0.39 is 47.9 Å². The zero-order valence-electron chi connectivity index (χ0n) is 20.8. The van der Waals surface area contributed by atoms with Gasteiger partial charge in [-0.3, -0.25) is 14.4 Å². The summed E-state index contributed by atoms with van der Waals surface area (Å²) in [7, 11) is 0. The molecule has 9 N–H and O–H groups in total. The Balaban J connectivity index is 2.93. The van der Waals surface area contributed by atoms with Crippen molar-refractivity contribution in [1.82, 2.24) is 16.0 Å². The summed E-state index contributed by atoms with van der Waals surface area (Å²) in [6.45, 7) is 4.12. The van der Waals surface area contributed by atoms with Gasteiger partial charge in [0.15, 0.2) is 0 Å². The Morgan fingerprint density at radius 1 is 0.944 bits per heavy atom. The Morgan fingerprint density at radius 3 is 2.03 bits per heavy atom. The van der Waals surface area contributed by atoms with Crippen molar-refractivity contribution in [2.45, 2.75) is 70.1 Å². The van der Waals surface area contributed by atoms with Gasteiger partial charge in [0.05, 0.1) is 6.04 Å². The molecular formula is C24H39N5O6S. The number of carboxylic acid groups (broad SMARTS) is 1. The van der Waals surface area contributed by atoms with Crippen LogP contribution in [0, 0.1) is 5.92 Å². The molecule has 3 amide bonds. The van der Waals surface area contributed by atoms with Crippen LogP contribution in [0.5, 0.6) is 5.75 Å². The summed E-state index contributed by atoms with van der Waals surface area (Å²) in [6, 6.07) is 1.82. The monoisotopic (exact) mass is 525 g/mol. The van der Waals surface area contributed by atoms with Crippen LogP contribution in [0.2, 0.25) is 0 Å².